The first kappa shape index (κ1) is 15.8. The van der Waals surface area contributed by atoms with Gasteiger partial charge in [0.15, 0.2) is 0 Å². The molecule has 7 heteroatoms. The van der Waals surface area contributed by atoms with Gasteiger partial charge >= 0.3 is 0 Å². The molecule has 0 spiro atoms. The zero-order chi connectivity index (χ0) is 17.6. The van der Waals surface area contributed by atoms with E-state index in [-0.39, 0.29) is 12.5 Å². The number of rotatable bonds is 2. The first-order valence-corrected chi connectivity index (χ1v) is 8.45. The second-order valence-corrected chi connectivity index (χ2v) is 6.82. The topological polar surface area (TPSA) is 97.9 Å². The summed E-state index contributed by atoms with van der Waals surface area (Å²) in [5.74, 6) is -0.0755. The molecule has 1 atom stereocenters. The molecule has 0 saturated carbocycles. The van der Waals surface area contributed by atoms with Crippen LogP contribution in [0.4, 0.5) is 0 Å². The number of carbonyl (C=O) groups is 1. The summed E-state index contributed by atoms with van der Waals surface area (Å²) in [5.41, 5.74) is 3.04. The molecule has 1 aromatic carbocycles. The van der Waals surface area contributed by atoms with E-state index in [4.69, 9.17) is 0 Å². The lowest BCUT2D eigenvalue weighted by Gasteiger charge is -2.38. The number of nitrogens with one attached hydrogen (secondary N) is 2. The van der Waals surface area contributed by atoms with Crippen LogP contribution in [0.25, 0.3) is 10.9 Å². The minimum absolute atomic E-state index is 0.0755. The van der Waals surface area contributed by atoms with Crippen LogP contribution in [0, 0.1) is 13.8 Å². The summed E-state index contributed by atoms with van der Waals surface area (Å²) in [4.78, 5) is 18.2. The average molecular weight is 339 g/mol. The molecule has 1 unspecified atom stereocenters. The van der Waals surface area contributed by atoms with Gasteiger partial charge < -0.3 is 15.0 Å². The van der Waals surface area contributed by atoms with Gasteiger partial charge in [-0.15, -0.1) is 0 Å². The lowest BCUT2D eigenvalue weighted by Crippen LogP contribution is -2.48. The number of para-hydroxylation sites is 1. The Bertz CT molecular complexity index is 930. The SMILES string of the molecule is Cc1[nH]c2c(C(=O)N3CCCC(O)(c4cn[nH]n4)C3)cccc2c1C. The largest absolute Gasteiger partial charge is 0.382 e. The smallest absolute Gasteiger partial charge is 0.256 e. The molecule has 1 aliphatic heterocycles. The number of aliphatic hydroxyl groups is 1. The van der Waals surface area contributed by atoms with Gasteiger partial charge in [-0.2, -0.15) is 15.4 Å². The molecule has 3 heterocycles. The number of fused-ring (bicyclic) bond motifs is 1. The maximum absolute atomic E-state index is 13.1. The summed E-state index contributed by atoms with van der Waals surface area (Å²) in [6, 6.07) is 5.76. The van der Waals surface area contributed by atoms with E-state index in [0.717, 1.165) is 22.2 Å². The van der Waals surface area contributed by atoms with E-state index in [2.05, 4.69) is 20.4 Å². The molecule has 0 radical (unpaired) electrons. The number of H-pyrrole nitrogens is 2. The van der Waals surface area contributed by atoms with Crippen molar-refractivity contribution >= 4 is 16.8 Å². The number of piperidine rings is 1. The van der Waals surface area contributed by atoms with Crippen molar-refractivity contribution < 1.29 is 9.90 Å². The minimum atomic E-state index is -1.16. The van der Waals surface area contributed by atoms with Crippen molar-refractivity contribution in [1.82, 2.24) is 25.3 Å². The summed E-state index contributed by atoms with van der Waals surface area (Å²) >= 11 is 0. The number of carbonyl (C=O) groups excluding carboxylic acids is 1. The number of aromatic nitrogens is 4. The number of amides is 1. The first-order valence-electron chi connectivity index (χ1n) is 8.45. The number of hydrogen-bond donors (Lipinski definition) is 3. The molecule has 3 aromatic rings. The molecule has 7 nitrogen and oxygen atoms in total. The van der Waals surface area contributed by atoms with Crippen LogP contribution in [0.3, 0.4) is 0 Å². The number of aromatic amines is 2. The normalized spacial score (nSPS) is 21.0. The fraction of sp³-hybridized carbons (Fsp3) is 0.389. The molecule has 0 bridgehead atoms. The zero-order valence-corrected chi connectivity index (χ0v) is 14.3. The molecular formula is C18H21N5O2. The predicted octanol–water partition coefficient (Wildman–Crippen LogP) is 2.03. The Morgan fingerprint density at radius 1 is 1.36 bits per heavy atom. The van der Waals surface area contributed by atoms with E-state index in [1.165, 1.54) is 6.20 Å². The van der Waals surface area contributed by atoms with Gasteiger partial charge in [-0.3, -0.25) is 4.79 Å². The van der Waals surface area contributed by atoms with Crippen molar-refractivity contribution in [2.45, 2.75) is 32.3 Å². The van der Waals surface area contributed by atoms with E-state index in [9.17, 15) is 9.90 Å². The monoisotopic (exact) mass is 339 g/mol. The number of β-amino-alcohol motifs (C(OH)–C–C–N with tert-alkyl or cyclic N) is 1. The Labute approximate surface area is 145 Å². The highest BCUT2D eigenvalue weighted by Gasteiger charge is 2.39. The van der Waals surface area contributed by atoms with Crippen molar-refractivity contribution in [1.29, 1.82) is 0 Å². The summed E-state index contributed by atoms with van der Waals surface area (Å²) in [7, 11) is 0. The third-order valence-electron chi connectivity index (χ3n) is 5.22. The van der Waals surface area contributed by atoms with Crippen molar-refractivity contribution in [3.05, 3.63) is 46.9 Å². The summed E-state index contributed by atoms with van der Waals surface area (Å²) in [6.45, 7) is 4.89. The van der Waals surface area contributed by atoms with Gasteiger partial charge in [-0.05, 0) is 38.3 Å². The fourth-order valence-corrected chi connectivity index (χ4v) is 3.68. The van der Waals surface area contributed by atoms with Crippen LogP contribution in [0.2, 0.25) is 0 Å². The molecule has 3 N–H and O–H groups in total. The van der Waals surface area contributed by atoms with Gasteiger partial charge in [0.05, 0.1) is 23.8 Å². The van der Waals surface area contributed by atoms with Crippen LogP contribution in [-0.2, 0) is 5.60 Å². The summed E-state index contributed by atoms with van der Waals surface area (Å²) in [6.07, 6.45) is 2.80. The van der Waals surface area contributed by atoms with Crippen molar-refractivity contribution in [3.63, 3.8) is 0 Å². The molecular weight excluding hydrogens is 318 g/mol. The first-order chi connectivity index (χ1) is 12.0. The summed E-state index contributed by atoms with van der Waals surface area (Å²) < 4.78 is 0. The zero-order valence-electron chi connectivity index (χ0n) is 14.3. The number of aryl methyl sites for hydroxylation is 2. The maximum Gasteiger partial charge on any atom is 0.256 e. The molecule has 0 aliphatic carbocycles. The number of nitrogens with zero attached hydrogens (tertiary/aromatic N) is 3. The van der Waals surface area contributed by atoms with Crippen molar-refractivity contribution in [2.24, 2.45) is 0 Å². The van der Waals surface area contributed by atoms with E-state index in [1.807, 2.05) is 32.0 Å². The Balaban J connectivity index is 1.68. The Morgan fingerprint density at radius 3 is 2.96 bits per heavy atom. The quantitative estimate of drug-likeness (QED) is 0.665. The third kappa shape index (κ3) is 2.51. The Hall–Kier alpha value is -2.67. The predicted molar refractivity (Wildman–Crippen MR) is 93.2 cm³/mol. The molecule has 1 saturated heterocycles. The Morgan fingerprint density at radius 2 is 2.20 bits per heavy atom. The van der Waals surface area contributed by atoms with E-state index < -0.39 is 5.60 Å². The van der Waals surface area contributed by atoms with Gasteiger partial charge in [-0.25, -0.2) is 0 Å². The van der Waals surface area contributed by atoms with Crippen LogP contribution < -0.4 is 0 Å². The van der Waals surface area contributed by atoms with Crippen molar-refractivity contribution in [2.75, 3.05) is 13.1 Å². The van der Waals surface area contributed by atoms with E-state index >= 15 is 0 Å². The second-order valence-electron chi connectivity index (χ2n) is 6.82. The number of benzene rings is 1. The van der Waals surface area contributed by atoms with Gasteiger partial charge in [0.2, 0.25) is 0 Å². The van der Waals surface area contributed by atoms with Gasteiger partial charge in [0.1, 0.15) is 11.3 Å². The van der Waals surface area contributed by atoms with E-state index in [0.29, 0.717) is 30.6 Å². The standard InChI is InChI=1S/C18H21N5O2/c1-11-12(2)20-16-13(11)5-3-6-14(16)17(24)23-8-4-7-18(25,10-23)15-9-19-22-21-15/h3,5-6,9,20,25H,4,7-8,10H2,1-2H3,(H,19,21,22). The molecule has 1 aliphatic rings. The average Bonchev–Trinajstić information content (AvgIpc) is 3.24. The molecule has 2 aromatic heterocycles. The van der Waals surface area contributed by atoms with Gasteiger partial charge in [-0.1, -0.05) is 12.1 Å². The van der Waals surface area contributed by atoms with Crippen LogP contribution in [0.1, 0.15) is 40.2 Å². The molecule has 4 rings (SSSR count). The maximum atomic E-state index is 13.1. The Kier molecular flexibility index (Phi) is 3.61. The molecule has 130 valence electrons. The van der Waals surface area contributed by atoms with Gasteiger partial charge in [0.25, 0.3) is 5.91 Å². The van der Waals surface area contributed by atoms with Crippen LogP contribution in [-0.4, -0.2) is 49.4 Å². The van der Waals surface area contributed by atoms with Crippen LogP contribution in [0.15, 0.2) is 24.4 Å². The minimum Gasteiger partial charge on any atom is -0.382 e. The lowest BCUT2D eigenvalue weighted by atomic mass is 9.89. The highest BCUT2D eigenvalue weighted by Crippen LogP contribution is 2.32. The molecule has 25 heavy (non-hydrogen) atoms. The number of hydrogen-bond acceptors (Lipinski definition) is 4. The van der Waals surface area contributed by atoms with Crippen molar-refractivity contribution in [3.8, 4) is 0 Å². The molecule has 1 amide bonds. The third-order valence-corrected chi connectivity index (χ3v) is 5.22. The second kappa shape index (κ2) is 5.70. The van der Waals surface area contributed by atoms with E-state index in [1.54, 1.807) is 4.90 Å². The lowest BCUT2D eigenvalue weighted by molar-refractivity contribution is -0.0319. The highest BCUT2D eigenvalue weighted by molar-refractivity contribution is 6.06. The van der Waals surface area contributed by atoms with Crippen LogP contribution in [0.5, 0.6) is 0 Å². The molecule has 1 fully saturated rings. The van der Waals surface area contributed by atoms with Gasteiger partial charge in [0, 0.05) is 17.6 Å². The number of likely N-dealkylation sites (tertiary alicyclic amines) is 1. The fourth-order valence-electron chi connectivity index (χ4n) is 3.68. The van der Waals surface area contributed by atoms with Crippen LogP contribution >= 0.6 is 0 Å². The summed E-state index contributed by atoms with van der Waals surface area (Å²) in [5, 5.41) is 22.3. The highest BCUT2D eigenvalue weighted by atomic mass is 16.3.